The van der Waals surface area contributed by atoms with Crippen LogP contribution < -0.4 is 15.0 Å². The van der Waals surface area contributed by atoms with Crippen molar-refractivity contribution in [3.05, 3.63) is 58.6 Å². The number of benzene rings is 2. The second-order valence-corrected chi connectivity index (χ2v) is 6.87. The summed E-state index contributed by atoms with van der Waals surface area (Å²) in [6.07, 6.45) is 0.232. The van der Waals surface area contributed by atoms with Crippen molar-refractivity contribution in [1.29, 1.82) is 0 Å². The lowest BCUT2D eigenvalue weighted by molar-refractivity contribution is -0.126. The summed E-state index contributed by atoms with van der Waals surface area (Å²) in [7, 11) is 1.60. The van der Waals surface area contributed by atoms with Crippen LogP contribution in [0, 0.1) is 5.92 Å². The van der Waals surface area contributed by atoms with Gasteiger partial charge in [0.25, 0.3) is 0 Å². The van der Waals surface area contributed by atoms with E-state index in [4.69, 9.17) is 4.74 Å². The molecule has 0 bridgehead atoms. The number of amides is 2. The Hall–Kier alpha value is -2.34. The van der Waals surface area contributed by atoms with Gasteiger partial charge in [-0.05, 0) is 42.0 Å². The molecule has 0 aliphatic carbocycles. The van der Waals surface area contributed by atoms with E-state index in [1.165, 1.54) is 0 Å². The average Bonchev–Trinajstić information content (AvgIpc) is 3.02. The molecule has 2 amide bonds. The molecular formula is C19H19BrN2O3. The van der Waals surface area contributed by atoms with Gasteiger partial charge in [-0.2, -0.15) is 0 Å². The standard InChI is InChI=1S/C19H19BrN2O3/c1-25-17-7-5-16(6-8-17)22-12-14(10-18(22)23)19(24)21-11-13-3-2-4-15(20)9-13/h2-9,14H,10-12H2,1H3,(H,21,24). The Morgan fingerprint density at radius 1 is 1.28 bits per heavy atom. The normalized spacial score (nSPS) is 16.8. The molecule has 0 radical (unpaired) electrons. The molecule has 0 saturated carbocycles. The van der Waals surface area contributed by atoms with Crippen LogP contribution in [0.2, 0.25) is 0 Å². The molecule has 1 unspecified atom stereocenters. The Morgan fingerprint density at radius 3 is 2.72 bits per heavy atom. The van der Waals surface area contributed by atoms with E-state index >= 15 is 0 Å². The predicted octanol–water partition coefficient (Wildman–Crippen LogP) is 3.13. The summed E-state index contributed by atoms with van der Waals surface area (Å²) < 4.78 is 6.10. The van der Waals surface area contributed by atoms with Crippen LogP contribution in [0.25, 0.3) is 0 Å². The first kappa shape index (κ1) is 17.5. The van der Waals surface area contributed by atoms with Crippen molar-refractivity contribution in [1.82, 2.24) is 5.32 Å². The number of carbonyl (C=O) groups excluding carboxylic acids is 2. The highest BCUT2D eigenvalue weighted by atomic mass is 79.9. The summed E-state index contributed by atoms with van der Waals surface area (Å²) in [5.74, 6) is 0.276. The number of hydrogen-bond donors (Lipinski definition) is 1. The molecule has 2 aromatic carbocycles. The van der Waals surface area contributed by atoms with Crippen LogP contribution >= 0.6 is 15.9 Å². The quantitative estimate of drug-likeness (QED) is 0.835. The van der Waals surface area contributed by atoms with Crippen molar-refractivity contribution in [2.45, 2.75) is 13.0 Å². The van der Waals surface area contributed by atoms with Gasteiger partial charge in [0.1, 0.15) is 5.75 Å². The minimum absolute atomic E-state index is 0.0345. The number of carbonyl (C=O) groups is 2. The molecule has 1 aliphatic heterocycles. The zero-order valence-corrected chi connectivity index (χ0v) is 15.5. The zero-order chi connectivity index (χ0) is 17.8. The molecule has 25 heavy (non-hydrogen) atoms. The van der Waals surface area contributed by atoms with E-state index in [9.17, 15) is 9.59 Å². The van der Waals surface area contributed by atoms with Crippen LogP contribution in [0.4, 0.5) is 5.69 Å². The van der Waals surface area contributed by atoms with Crippen LogP contribution in [-0.2, 0) is 16.1 Å². The van der Waals surface area contributed by atoms with E-state index in [0.717, 1.165) is 21.5 Å². The SMILES string of the molecule is COc1ccc(N2CC(C(=O)NCc3cccc(Br)c3)CC2=O)cc1. The average molecular weight is 403 g/mol. The number of nitrogens with zero attached hydrogens (tertiary/aromatic N) is 1. The van der Waals surface area contributed by atoms with Gasteiger partial charge in [0.05, 0.1) is 13.0 Å². The Labute approximate surface area is 155 Å². The van der Waals surface area contributed by atoms with Gasteiger partial charge in [-0.1, -0.05) is 28.1 Å². The molecule has 1 atom stereocenters. The van der Waals surface area contributed by atoms with Crippen molar-refractivity contribution in [2.75, 3.05) is 18.6 Å². The van der Waals surface area contributed by atoms with Crippen LogP contribution in [0.1, 0.15) is 12.0 Å². The summed E-state index contributed by atoms with van der Waals surface area (Å²) in [6.45, 7) is 0.848. The smallest absolute Gasteiger partial charge is 0.227 e. The van der Waals surface area contributed by atoms with Crippen molar-refractivity contribution in [3.8, 4) is 5.75 Å². The van der Waals surface area contributed by atoms with Crippen LogP contribution in [0.3, 0.4) is 0 Å². The van der Waals surface area contributed by atoms with E-state index in [0.29, 0.717) is 13.1 Å². The minimum Gasteiger partial charge on any atom is -0.497 e. The fourth-order valence-electron chi connectivity index (χ4n) is 2.88. The Bertz CT molecular complexity index is 776. The number of nitrogens with one attached hydrogen (secondary N) is 1. The second kappa shape index (κ2) is 7.70. The summed E-state index contributed by atoms with van der Waals surface area (Å²) in [5, 5.41) is 2.92. The first-order chi connectivity index (χ1) is 12.1. The lowest BCUT2D eigenvalue weighted by atomic mass is 10.1. The Morgan fingerprint density at radius 2 is 2.04 bits per heavy atom. The number of methoxy groups -OCH3 is 1. The molecule has 0 spiro atoms. The van der Waals surface area contributed by atoms with Crippen molar-refractivity contribution in [3.63, 3.8) is 0 Å². The van der Waals surface area contributed by atoms with Crippen LogP contribution in [0.5, 0.6) is 5.75 Å². The maximum Gasteiger partial charge on any atom is 0.227 e. The van der Waals surface area contributed by atoms with Gasteiger partial charge in [0.15, 0.2) is 0 Å². The van der Waals surface area contributed by atoms with E-state index in [1.807, 2.05) is 48.5 Å². The highest BCUT2D eigenvalue weighted by Crippen LogP contribution is 2.27. The third-order valence-electron chi connectivity index (χ3n) is 4.24. The number of halogens is 1. The maximum atomic E-state index is 12.4. The first-order valence-corrected chi connectivity index (χ1v) is 8.82. The maximum absolute atomic E-state index is 12.4. The van der Waals surface area contributed by atoms with Crippen molar-refractivity contribution in [2.24, 2.45) is 5.92 Å². The summed E-state index contributed by atoms with van der Waals surface area (Å²) in [5.41, 5.74) is 1.80. The largest absolute Gasteiger partial charge is 0.497 e. The molecule has 6 heteroatoms. The molecule has 1 saturated heterocycles. The fraction of sp³-hybridized carbons (Fsp3) is 0.263. The Kier molecular flexibility index (Phi) is 5.38. The highest BCUT2D eigenvalue weighted by molar-refractivity contribution is 9.10. The minimum atomic E-state index is -0.332. The third kappa shape index (κ3) is 4.20. The molecule has 130 valence electrons. The van der Waals surface area contributed by atoms with E-state index in [-0.39, 0.29) is 24.2 Å². The van der Waals surface area contributed by atoms with Gasteiger partial charge in [-0.25, -0.2) is 0 Å². The molecule has 1 aliphatic rings. The summed E-state index contributed by atoms with van der Waals surface area (Å²) in [6, 6.07) is 15.1. The molecule has 1 fully saturated rings. The van der Waals surface area contributed by atoms with Crippen molar-refractivity contribution >= 4 is 33.4 Å². The van der Waals surface area contributed by atoms with Crippen LogP contribution in [-0.4, -0.2) is 25.5 Å². The highest BCUT2D eigenvalue weighted by Gasteiger charge is 2.34. The Balaban J connectivity index is 1.60. The molecule has 3 rings (SSSR count). The number of anilines is 1. The molecular weight excluding hydrogens is 384 g/mol. The van der Waals surface area contributed by atoms with E-state index in [1.54, 1.807) is 12.0 Å². The van der Waals surface area contributed by atoms with Gasteiger partial charge in [-0.3, -0.25) is 9.59 Å². The van der Waals surface area contributed by atoms with Gasteiger partial charge >= 0.3 is 0 Å². The van der Waals surface area contributed by atoms with E-state index in [2.05, 4.69) is 21.2 Å². The number of ether oxygens (including phenoxy) is 1. The fourth-order valence-corrected chi connectivity index (χ4v) is 3.32. The second-order valence-electron chi connectivity index (χ2n) is 5.95. The van der Waals surface area contributed by atoms with Crippen LogP contribution in [0.15, 0.2) is 53.0 Å². The van der Waals surface area contributed by atoms with Gasteiger partial charge < -0.3 is 15.0 Å². The summed E-state index contributed by atoms with van der Waals surface area (Å²) in [4.78, 5) is 26.3. The zero-order valence-electron chi connectivity index (χ0n) is 13.9. The van der Waals surface area contributed by atoms with Crippen molar-refractivity contribution < 1.29 is 14.3 Å². The lowest BCUT2D eigenvalue weighted by Crippen LogP contribution is -2.32. The lowest BCUT2D eigenvalue weighted by Gasteiger charge is -2.17. The summed E-state index contributed by atoms with van der Waals surface area (Å²) >= 11 is 3.41. The molecule has 5 nitrogen and oxygen atoms in total. The van der Waals surface area contributed by atoms with Gasteiger partial charge in [0, 0.05) is 29.7 Å². The van der Waals surface area contributed by atoms with Gasteiger partial charge in [0.2, 0.25) is 11.8 Å². The third-order valence-corrected chi connectivity index (χ3v) is 4.73. The predicted molar refractivity (Wildman–Crippen MR) is 99.4 cm³/mol. The van der Waals surface area contributed by atoms with E-state index < -0.39 is 0 Å². The number of hydrogen-bond acceptors (Lipinski definition) is 3. The molecule has 1 N–H and O–H groups in total. The van der Waals surface area contributed by atoms with Gasteiger partial charge in [-0.15, -0.1) is 0 Å². The number of rotatable bonds is 5. The molecule has 1 heterocycles. The first-order valence-electron chi connectivity index (χ1n) is 8.03. The molecule has 2 aromatic rings. The topological polar surface area (TPSA) is 58.6 Å². The monoisotopic (exact) mass is 402 g/mol. The molecule has 0 aromatic heterocycles.